The van der Waals surface area contributed by atoms with Gasteiger partial charge in [0.15, 0.2) is 0 Å². The number of rotatable bonds is 5. The van der Waals surface area contributed by atoms with Crippen LogP contribution < -0.4 is 4.72 Å². The van der Waals surface area contributed by atoms with Crippen molar-refractivity contribution < 1.29 is 30.0 Å². The third-order valence-corrected chi connectivity index (χ3v) is 6.79. The van der Waals surface area contributed by atoms with E-state index in [1.54, 1.807) is 18.3 Å². The predicted molar refractivity (Wildman–Crippen MR) is 92.0 cm³/mol. The molecule has 0 spiro atoms. The van der Waals surface area contributed by atoms with Gasteiger partial charge in [-0.05, 0) is 41.3 Å². The van der Waals surface area contributed by atoms with Crippen molar-refractivity contribution in [2.45, 2.75) is 21.8 Å². The van der Waals surface area contributed by atoms with Crippen LogP contribution in [0.5, 0.6) is 0 Å². The Balaban J connectivity index is 1.82. The molecular formula is C16H13F3N2O4S2. The van der Waals surface area contributed by atoms with Crippen molar-refractivity contribution in [3.63, 3.8) is 0 Å². The Morgan fingerprint density at radius 1 is 0.889 bits per heavy atom. The predicted octanol–water partition coefficient (Wildman–Crippen LogP) is 2.94. The highest BCUT2D eigenvalue weighted by Gasteiger charge is 2.46. The number of para-hydroxylation sites is 1. The molecule has 2 aromatic carbocycles. The van der Waals surface area contributed by atoms with Gasteiger partial charge >= 0.3 is 5.51 Å². The molecule has 0 bridgehead atoms. The number of halogens is 3. The molecule has 0 radical (unpaired) electrons. The van der Waals surface area contributed by atoms with Crippen molar-refractivity contribution in [3.8, 4) is 0 Å². The summed E-state index contributed by atoms with van der Waals surface area (Å²) in [5.74, 6) is 0. The zero-order valence-electron chi connectivity index (χ0n) is 13.5. The van der Waals surface area contributed by atoms with E-state index in [1.165, 1.54) is 0 Å². The number of aromatic amines is 1. The van der Waals surface area contributed by atoms with Crippen LogP contribution in [0.1, 0.15) is 5.56 Å². The minimum absolute atomic E-state index is 0.0528. The average molecular weight is 418 g/mol. The van der Waals surface area contributed by atoms with Crippen LogP contribution in [0, 0.1) is 0 Å². The third kappa shape index (κ3) is 3.70. The molecule has 0 aliphatic carbocycles. The molecule has 0 fully saturated rings. The minimum Gasteiger partial charge on any atom is -0.361 e. The second kappa shape index (κ2) is 6.66. The van der Waals surface area contributed by atoms with Crippen LogP contribution in [0.4, 0.5) is 13.2 Å². The number of hydrogen-bond donors (Lipinski definition) is 2. The van der Waals surface area contributed by atoms with Crippen molar-refractivity contribution in [2.24, 2.45) is 0 Å². The summed E-state index contributed by atoms with van der Waals surface area (Å²) in [6, 6.07) is 10.0. The quantitative estimate of drug-likeness (QED) is 0.666. The van der Waals surface area contributed by atoms with E-state index < -0.39 is 30.3 Å². The molecule has 0 atom stereocenters. The maximum absolute atomic E-state index is 12.5. The third-order valence-electron chi connectivity index (χ3n) is 3.88. The van der Waals surface area contributed by atoms with Crippen molar-refractivity contribution in [2.75, 3.05) is 0 Å². The lowest BCUT2D eigenvalue weighted by atomic mass is 10.1. The van der Waals surface area contributed by atoms with E-state index in [0.717, 1.165) is 23.0 Å². The van der Waals surface area contributed by atoms with E-state index in [2.05, 4.69) is 9.71 Å². The Bertz CT molecular complexity index is 1180. The lowest BCUT2D eigenvalue weighted by Gasteiger charge is -2.10. The van der Waals surface area contributed by atoms with Gasteiger partial charge in [0.1, 0.15) is 0 Å². The largest absolute Gasteiger partial charge is 0.501 e. The molecule has 6 nitrogen and oxygen atoms in total. The van der Waals surface area contributed by atoms with Gasteiger partial charge in [-0.25, -0.2) is 21.6 Å². The van der Waals surface area contributed by atoms with E-state index in [9.17, 15) is 30.0 Å². The molecule has 3 aromatic rings. The Kier molecular flexibility index (Phi) is 4.78. The SMILES string of the molecule is O=S(=O)(NCc1cccc2cc[nH]c12)c1ccc(S(=O)(=O)C(F)(F)F)cc1. The number of aromatic nitrogens is 1. The normalized spacial score (nSPS) is 13.1. The lowest BCUT2D eigenvalue weighted by molar-refractivity contribution is -0.0436. The fourth-order valence-electron chi connectivity index (χ4n) is 2.48. The first-order valence-corrected chi connectivity index (χ1v) is 10.4. The van der Waals surface area contributed by atoms with Crippen molar-refractivity contribution in [3.05, 3.63) is 60.3 Å². The Hall–Kier alpha value is -2.37. The van der Waals surface area contributed by atoms with Crippen LogP contribution in [0.25, 0.3) is 10.9 Å². The fourth-order valence-corrected chi connectivity index (χ4v) is 4.25. The molecule has 0 saturated carbocycles. The van der Waals surface area contributed by atoms with Gasteiger partial charge in [0.2, 0.25) is 10.0 Å². The van der Waals surface area contributed by atoms with Crippen LogP contribution in [-0.4, -0.2) is 27.3 Å². The highest BCUT2D eigenvalue weighted by atomic mass is 32.2. The summed E-state index contributed by atoms with van der Waals surface area (Å²) in [5.41, 5.74) is -4.02. The van der Waals surface area contributed by atoms with Crippen molar-refractivity contribution in [1.82, 2.24) is 9.71 Å². The first-order chi connectivity index (χ1) is 12.5. The van der Waals surface area contributed by atoms with Gasteiger partial charge in [-0.1, -0.05) is 18.2 Å². The molecular weight excluding hydrogens is 405 g/mol. The maximum Gasteiger partial charge on any atom is 0.501 e. The van der Waals surface area contributed by atoms with Gasteiger partial charge < -0.3 is 4.98 Å². The number of H-pyrrole nitrogens is 1. The summed E-state index contributed by atoms with van der Waals surface area (Å²) >= 11 is 0. The zero-order valence-corrected chi connectivity index (χ0v) is 15.1. The van der Waals surface area contributed by atoms with Gasteiger partial charge in [-0.3, -0.25) is 0 Å². The number of sulfone groups is 1. The summed E-state index contributed by atoms with van der Waals surface area (Å²) in [6.45, 7) is -0.0528. The van der Waals surface area contributed by atoms with Crippen LogP contribution >= 0.6 is 0 Å². The van der Waals surface area contributed by atoms with E-state index >= 15 is 0 Å². The monoisotopic (exact) mass is 418 g/mol. The number of benzene rings is 2. The summed E-state index contributed by atoms with van der Waals surface area (Å²) < 4.78 is 87.3. The van der Waals surface area contributed by atoms with Crippen LogP contribution in [0.3, 0.4) is 0 Å². The second-order valence-electron chi connectivity index (χ2n) is 5.60. The molecule has 1 heterocycles. The molecule has 3 rings (SSSR count). The Labute approximate surface area is 153 Å². The highest BCUT2D eigenvalue weighted by molar-refractivity contribution is 7.92. The Morgan fingerprint density at radius 2 is 1.52 bits per heavy atom. The molecule has 27 heavy (non-hydrogen) atoms. The number of alkyl halides is 3. The van der Waals surface area contributed by atoms with E-state index in [0.29, 0.717) is 17.7 Å². The first-order valence-electron chi connectivity index (χ1n) is 7.48. The van der Waals surface area contributed by atoms with Crippen LogP contribution in [-0.2, 0) is 26.4 Å². The van der Waals surface area contributed by atoms with Crippen molar-refractivity contribution >= 4 is 30.8 Å². The molecule has 0 amide bonds. The summed E-state index contributed by atoms with van der Waals surface area (Å²) in [6.07, 6.45) is 1.71. The van der Waals surface area contributed by atoms with Crippen molar-refractivity contribution in [1.29, 1.82) is 0 Å². The Morgan fingerprint density at radius 3 is 2.15 bits per heavy atom. The number of hydrogen-bond acceptors (Lipinski definition) is 4. The second-order valence-corrected chi connectivity index (χ2v) is 9.31. The van der Waals surface area contributed by atoms with Gasteiger partial charge in [0, 0.05) is 18.3 Å². The lowest BCUT2D eigenvalue weighted by Crippen LogP contribution is -2.24. The smallest absolute Gasteiger partial charge is 0.361 e. The van der Waals surface area contributed by atoms with Crippen LogP contribution in [0.2, 0.25) is 0 Å². The topological polar surface area (TPSA) is 96.1 Å². The van der Waals surface area contributed by atoms with Crippen LogP contribution in [0.15, 0.2) is 64.5 Å². The highest BCUT2D eigenvalue weighted by Crippen LogP contribution is 2.30. The number of nitrogens with one attached hydrogen (secondary N) is 2. The zero-order chi connectivity index (χ0) is 19.9. The number of fused-ring (bicyclic) bond motifs is 1. The van der Waals surface area contributed by atoms with Gasteiger partial charge in [0.05, 0.1) is 9.79 Å². The summed E-state index contributed by atoms with van der Waals surface area (Å²) in [7, 11) is -9.58. The molecule has 2 N–H and O–H groups in total. The number of sulfonamides is 1. The van der Waals surface area contributed by atoms with Gasteiger partial charge in [-0.15, -0.1) is 0 Å². The van der Waals surface area contributed by atoms with E-state index in [1.807, 2.05) is 12.1 Å². The first kappa shape index (κ1) is 19.4. The molecule has 1 aromatic heterocycles. The average Bonchev–Trinajstić information content (AvgIpc) is 3.08. The molecule has 0 unspecified atom stereocenters. The van der Waals surface area contributed by atoms with Gasteiger partial charge in [0.25, 0.3) is 9.84 Å². The molecule has 144 valence electrons. The molecule has 11 heteroatoms. The fraction of sp³-hybridized carbons (Fsp3) is 0.125. The standard InChI is InChI=1S/C16H13F3N2O4S2/c17-16(18,19)26(22,23)13-4-6-14(7-5-13)27(24,25)21-10-12-3-1-2-11-8-9-20-15(11)12/h1-9,20-21H,10H2. The minimum atomic E-state index is -5.53. The molecule has 0 saturated heterocycles. The van der Waals surface area contributed by atoms with E-state index in [4.69, 9.17) is 0 Å². The summed E-state index contributed by atoms with van der Waals surface area (Å²) in [4.78, 5) is 1.63. The van der Waals surface area contributed by atoms with E-state index in [-0.39, 0.29) is 11.4 Å². The molecule has 0 aliphatic rings. The molecule has 0 aliphatic heterocycles. The van der Waals surface area contributed by atoms with Gasteiger partial charge in [-0.2, -0.15) is 13.2 Å². The summed E-state index contributed by atoms with van der Waals surface area (Å²) in [5, 5.41) is 0.897. The maximum atomic E-state index is 12.5.